The molecule has 0 bridgehead atoms. The van der Waals surface area contributed by atoms with Crippen LogP contribution in [0.2, 0.25) is 0 Å². The minimum absolute atomic E-state index is 0.214. The highest BCUT2D eigenvalue weighted by Crippen LogP contribution is 2.27. The third-order valence-electron chi connectivity index (χ3n) is 3.38. The zero-order valence-electron chi connectivity index (χ0n) is 11.7. The fourth-order valence-electron chi connectivity index (χ4n) is 1.96. The lowest BCUT2D eigenvalue weighted by molar-refractivity contribution is -0.00808. The topological polar surface area (TPSA) is 30.5 Å². The van der Waals surface area contributed by atoms with Crippen LogP contribution in [0.25, 0.3) is 0 Å². The summed E-state index contributed by atoms with van der Waals surface area (Å²) in [6, 6.07) is 6.27. The van der Waals surface area contributed by atoms with Crippen LogP contribution < -0.4 is 10.1 Å². The quantitative estimate of drug-likeness (QED) is 0.875. The summed E-state index contributed by atoms with van der Waals surface area (Å²) in [6.07, 6.45) is 0.847. The zero-order chi connectivity index (χ0) is 13.8. The predicted octanol–water partition coefficient (Wildman–Crippen LogP) is 3.01. The largest absolute Gasteiger partial charge is 0.496 e. The standard InChI is InChI=1S/C14H22BrNO2/c1-14(2,18-5)13(16-3)9-10-8-11(15)6-7-12(10)17-4/h6-8,13,16H,9H2,1-5H3. The normalized spacial score (nSPS) is 13.4. The number of ether oxygens (including phenoxy) is 2. The lowest BCUT2D eigenvalue weighted by Gasteiger charge is -2.33. The van der Waals surface area contributed by atoms with Crippen LogP contribution >= 0.6 is 15.9 Å². The summed E-state index contributed by atoms with van der Waals surface area (Å²) in [5.41, 5.74) is 0.929. The summed E-state index contributed by atoms with van der Waals surface area (Å²) in [6.45, 7) is 4.16. The minimum Gasteiger partial charge on any atom is -0.496 e. The molecule has 0 saturated heterocycles. The summed E-state index contributed by atoms with van der Waals surface area (Å²) in [5.74, 6) is 0.908. The molecule has 1 rings (SSSR count). The second-order valence-electron chi connectivity index (χ2n) is 4.81. The van der Waals surface area contributed by atoms with Crippen LogP contribution in [0, 0.1) is 0 Å². The number of hydrogen-bond acceptors (Lipinski definition) is 3. The highest BCUT2D eigenvalue weighted by molar-refractivity contribution is 9.10. The van der Waals surface area contributed by atoms with Crippen LogP contribution in [0.3, 0.4) is 0 Å². The smallest absolute Gasteiger partial charge is 0.122 e. The third-order valence-corrected chi connectivity index (χ3v) is 3.87. The number of likely N-dealkylation sites (N-methyl/N-ethyl adjacent to an activating group) is 1. The van der Waals surface area contributed by atoms with E-state index in [-0.39, 0.29) is 11.6 Å². The number of halogens is 1. The summed E-state index contributed by atoms with van der Waals surface area (Å²) in [7, 11) is 5.39. The number of nitrogens with one attached hydrogen (secondary N) is 1. The molecule has 0 spiro atoms. The van der Waals surface area contributed by atoms with Gasteiger partial charge in [0.15, 0.2) is 0 Å². The van der Waals surface area contributed by atoms with E-state index in [0.29, 0.717) is 0 Å². The van der Waals surface area contributed by atoms with Gasteiger partial charge in [-0.1, -0.05) is 15.9 Å². The Morgan fingerprint density at radius 1 is 1.33 bits per heavy atom. The fourth-order valence-corrected chi connectivity index (χ4v) is 2.37. The van der Waals surface area contributed by atoms with Gasteiger partial charge in [0, 0.05) is 17.6 Å². The van der Waals surface area contributed by atoms with Crippen molar-refractivity contribution in [2.45, 2.75) is 31.9 Å². The van der Waals surface area contributed by atoms with Gasteiger partial charge in [-0.15, -0.1) is 0 Å². The molecule has 0 fully saturated rings. The molecule has 1 atom stereocenters. The summed E-state index contributed by atoms with van der Waals surface area (Å²) < 4.78 is 12.0. The van der Waals surface area contributed by atoms with Crippen molar-refractivity contribution in [3.8, 4) is 5.75 Å². The SMILES string of the molecule is CNC(Cc1cc(Br)ccc1OC)C(C)(C)OC. The molecule has 4 heteroatoms. The summed E-state index contributed by atoms with van der Waals surface area (Å²) in [4.78, 5) is 0. The number of hydrogen-bond donors (Lipinski definition) is 1. The fraction of sp³-hybridized carbons (Fsp3) is 0.571. The van der Waals surface area contributed by atoms with E-state index in [2.05, 4.69) is 41.2 Å². The molecule has 0 amide bonds. The maximum absolute atomic E-state index is 5.55. The second kappa shape index (κ2) is 6.55. The molecule has 102 valence electrons. The van der Waals surface area contributed by atoms with Crippen LogP contribution in [0.4, 0.5) is 0 Å². The highest BCUT2D eigenvalue weighted by Gasteiger charge is 2.28. The van der Waals surface area contributed by atoms with E-state index in [9.17, 15) is 0 Å². The van der Waals surface area contributed by atoms with Gasteiger partial charge >= 0.3 is 0 Å². The van der Waals surface area contributed by atoms with Gasteiger partial charge in [-0.3, -0.25) is 0 Å². The molecule has 0 saturated carbocycles. The Hall–Kier alpha value is -0.580. The van der Waals surface area contributed by atoms with E-state index in [1.807, 2.05) is 19.2 Å². The first kappa shape index (κ1) is 15.5. The van der Waals surface area contributed by atoms with Gasteiger partial charge in [-0.25, -0.2) is 0 Å². The monoisotopic (exact) mass is 315 g/mol. The first-order valence-corrected chi connectivity index (χ1v) is 6.78. The van der Waals surface area contributed by atoms with Crippen molar-refractivity contribution in [2.75, 3.05) is 21.3 Å². The van der Waals surface area contributed by atoms with E-state index in [1.54, 1.807) is 14.2 Å². The van der Waals surface area contributed by atoms with Gasteiger partial charge in [0.2, 0.25) is 0 Å². The number of benzene rings is 1. The van der Waals surface area contributed by atoms with E-state index in [4.69, 9.17) is 9.47 Å². The van der Waals surface area contributed by atoms with Gasteiger partial charge in [0.25, 0.3) is 0 Å². The maximum atomic E-state index is 5.55. The zero-order valence-corrected chi connectivity index (χ0v) is 13.3. The molecule has 0 aliphatic carbocycles. The van der Waals surface area contributed by atoms with E-state index in [1.165, 1.54) is 0 Å². The van der Waals surface area contributed by atoms with Crippen LogP contribution in [0.1, 0.15) is 19.4 Å². The van der Waals surface area contributed by atoms with Gasteiger partial charge in [-0.2, -0.15) is 0 Å². The van der Waals surface area contributed by atoms with Crippen LogP contribution in [0.15, 0.2) is 22.7 Å². The molecule has 18 heavy (non-hydrogen) atoms. The lowest BCUT2D eigenvalue weighted by atomic mass is 9.92. The van der Waals surface area contributed by atoms with E-state index >= 15 is 0 Å². The Morgan fingerprint density at radius 2 is 2.00 bits per heavy atom. The Kier molecular flexibility index (Phi) is 5.63. The lowest BCUT2D eigenvalue weighted by Crippen LogP contribution is -2.48. The van der Waals surface area contributed by atoms with Crippen molar-refractivity contribution in [2.24, 2.45) is 0 Å². The first-order chi connectivity index (χ1) is 8.44. The third kappa shape index (κ3) is 3.70. The average molecular weight is 316 g/mol. The molecule has 1 aromatic carbocycles. The molecule has 1 unspecified atom stereocenters. The molecule has 1 N–H and O–H groups in total. The molecule has 3 nitrogen and oxygen atoms in total. The van der Waals surface area contributed by atoms with Crippen molar-refractivity contribution in [3.63, 3.8) is 0 Å². The molecule has 0 aliphatic heterocycles. The maximum Gasteiger partial charge on any atom is 0.122 e. The van der Waals surface area contributed by atoms with Crippen molar-refractivity contribution in [1.82, 2.24) is 5.32 Å². The van der Waals surface area contributed by atoms with E-state index < -0.39 is 0 Å². The van der Waals surface area contributed by atoms with Gasteiger partial charge < -0.3 is 14.8 Å². The Balaban J connectivity index is 2.97. The molecule has 0 aromatic heterocycles. The first-order valence-electron chi connectivity index (χ1n) is 5.99. The molecule has 0 heterocycles. The summed E-state index contributed by atoms with van der Waals surface area (Å²) >= 11 is 3.50. The van der Waals surface area contributed by atoms with Gasteiger partial charge in [-0.05, 0) is 51.1 Å². The Morgan fingerprint density at radius 3 is 2.50 bits per heavy atom. The van der Waals surface area contributed by atoms with Crippen LogP contribution in [-0.2, 0) is 11.2 Å². The summed E-state index contributed by atoms with van der Waals surface area (Å²) in [5, 5.41) is 3.32. The molecular formula is C14H22BrNO2. The van der Waals surface area contributed by atoms with Gasteiger partial charge in [0.1, 0.15) is 5.75 Å². The van der Waals surface area contributed by atoms with Crippen molar-refractivity contribution < 1.29 is 9.47 Å². The molecule has 0 aliphatic rings. The number of rotatable bonds is 6. The Labute approximate surface area is 118 Å². The number of methoxy groups -OCH3 is 2. The van der Waals surface area contributed by atoms with Crippen molar-refractivity contribution >= 4 is 15.9 Å². The van der Waals surface area contributed by atoms with Crippen molar-refractivity contribution in [1.29, 1.82) is 0 Å². The average Bonchev–Trinajstić information content (AvgIpc) is 2.35. The molecule has 0 radical (unpaired) electrons. The van der Waals surface area contributed by atoms with Crippen LogP contribution in [0.5, 0.6) is 5.75 Å². The van der Waals surface area contributed by atoms with Crippen molar-refractivity contribution in [3.05, 3.63) is 28.2 Å². The second-order valence-corrected chi connectivity index (χ2v) is 5.72. The van der Waals surface area contributed by atoms with E-state index in [0.717, 1.165) is 22.2 Å². The predicted molar refractivity (Wildman–Crippen MR) is 78.3 cm³/mol. The van der Waals surface area contributed by atoms with Gasteiger partial charge in [0.05, 0.1) is 12.7 Å². The van der Waals surface area contributed by atoms with Crippen LogP contribution in [-0.4, -0.2) is 32.9 Å². The Bertz CT molecular complexity index is 393. The molecule has 1 aromatic rings. The highest BCUT2D eigenvalue weighted by atomic mass is 79.9. The molecular weight excluding hydrogens is 294 g/mol. The minimum atomic E-state index is -0.234.